The number of pyridine rings is 1. The molecule has 2 aromatic carbocycles. The first-order valence-electron chi connectivity index (χ1n) is 8.92. The fourth-order valence-electron chi connectivity index (χ4n) is 2.71. The number of aromatic nitrogens is 1. The van der Waals surface area contributed by atoms with Crippen molar-refractivity contribution in [3.63, 3.8) is 0 Å². The number of halogens is 1. The summed E-state index contributed by atoms with van der Waals surface area (Å²) in [5.74, 6) is 1.16. The summed E-state index contributed by atoms with van der Waals surface area (Å²) in [6.07, 6.45) is 2.96. The lowest BCUT2D eigenvalue weighted by Gasteiger charge is -2.14. The molecule has 0 radical (unpaired) electrons. The largest absolute Gasteiger partial charge is 0.493 e. The second-order valence-electron chi connectivity index (χ2n) is 6.31. The Morgan fingerprint density at radius 3 is 2.83 bits per heavy atom. The Kier molecular flexibility index (Phi) is 6.97. The molecule has 0 saturated carbocycles. The molecule has 3 aromatic rings. The second-order valence-corrected chi connectivity index (χ2v) is 7.16. The van der Waals surface area contributed by atoms with Crippen LogP contribution in [0.4, 0.5) is 11.5 Å². The number of benzene rings is 2. The summed E-state index contributed by atoms with van der Waals surface area (Å²) in [6.45, 7) is 2.43. The second kappa shape index (κ2) is 9.84. The molecule has 1 aromatic heterocycles. The Hall–Kier alpha value is -3.46. The topological polar surface area (TPSA) is 98.9 Å². The number of anilines is 1. The molecule has 0 amide bonds. The summed E-state index contributed by atoms with van der Waals surface area (Å²) >= 11 is 3.51. The molecule has 3 rings (SSSR count). The van der Waals surface area contributed by atoms with Crippen molar-refractivity contribution in [2.75, 3.05) is 12.5 Å². The first-order chi connectivity index (χ1) is 14.5. The van der Waals surface area contributed by atoms with Gasteiger partial charge in [0.25, 0.3) is 0 Å². The number of methoxy groups -OCH3 is 1. The maximum atomic E-state index is 11.0. The van der Waals surface area contributed by atoms with Crippen LogP contribution in [0.25, 0.3) is 0 Å². The summed E-state index contributed by atoms with van der Waals surface area (Å²) in [4.78, 5) is 14.5. The predicted molar refractivity (Wildman–Crippen MR) is 118 cm³/mol. The maximum absolute atomic E-state index is 11.0. The maximum Gasteiger partial charge on any atom is 0.313 e. The molecule has 0 bridgehead atoms. The van der Waals surface area contributed by atoms with Gasteiger partial charge in [0.2, 0.25) is 5.82 Å². The molecule has 154 valence electrons. The van der Waals surface area contributed by atoms with E-state index in [1.54, 1.807) is 13.2 Å². The number of nitro groups is 1. The van der Waals surface area contributed by atoms with E-state index >= 15 is 0 Å². The molecular formula is C21H19BrN4O4. The van der Waals surface area contributed by atoms with Crippen LogP contribution in [0.1, 0.15) is 16.7 Å². The van der Waals surface area contributed by atoms with Crippen LogP contribution in [-0.4, -0.2) is 23.2 Å². The molecule has 0 spiro atoms. The zero-order valence-corrected chi connectivity index (χ0v) is 17.9. The lowest BCUT2D eigenvalue weighted by atomic mass is 10.1. The zero-order chi connectivity index (χ0) is 21.5. The van der Waals surface area contributed by atoms with Crippen molar-refractivity contribution in [2.24, 2.45) is 5.10 Å². The van der Waals surface area contributed by atoms with Crippen molar-refractivity contribution < 1.29 is 14.4 Å². The SMILES string of the molecule is COc1cc(/C=N\Nc2ncccc2[N+](=O)[O-])cc(Br)c1OCc1cccc(C)c1. The third-order valence-electron chi connectivity index (χ3n) is 4.08. The number of hydrazone groups is 1. The number of ether oxygens (including phenoxy) is 2. The number of nitrogens with one attached hydrogen (secondary N) is 1. The van der Waals surface area contributed by atoms with Crippen molar-refractivity contribution in [3.05, 3.63) is 86.0 Å². The van der Waals surface area contributed by atoms with Gasteiger partial charge in [0.05, 0.1) is 22.7 Å². The lowest BCUT2D eigenvalue weighted by molar-refractivity contribution is -0.384. The fraction of sp³-hybridized carbons (Fsp3) is 0.143. The van der Waals surface area contributed by atoms with E-state index in [2.05, 4.69) is 37.5 Å². The zero-order valence-electron chi connectivity index (χ0n) is 16.3. The number of hydrogen-bond donors (Lipinski definition) is 1. The summed E-state index contributed by atoms with van der Waals surface area (Å²) in [5.41, 5.74) is 5.35. The third-order valence-corrected chi connectivity index (χ3v) is 4.67. The first-order valence-corrected chi connectivity index (χ1v) is 9.71. The van der Waals surface area contributed by atoms with Gasteiger partial charge in [0.1, 0.15) is 6.61 Å². The van der Waals surface area contributed by atoms with E-state index in [4.69, 9.17) is 9.47 Å². The highest BCUT2D eigenvalue weighted by Crippen LogP contribution is 2.37. The molecule has 30 heavy (non-hydrogen) atoms. The van der Waals surface area contributed by atoms with Gasteiger partial charge >= 0.3 is 5.69 Å². The van der Waals surface area contributed by atoms with Crippen LogP contribution in [0.2, 0.25) is 0 Å². The molecule has 0 saturated heterocycles. The van der Waals surface area contributed by atoms with E-state index in [1.807, 2.05) is 31.2 Å². The van der Waals surface area contributed by atoms with Gasteiger partial charge in [-0.15, -0.1) is 0 Å². The van der Waals surface area contributed by atoms with E-state index in [0.717, 1.165) is 11.1 Å². The first kappa shape index (κ1) is 21.3. The van der Waals surface area contributed by atoms with Crippen LogP contribution in [0.5, 0.6) is 11.5 Å². The molecule has 0 aliphatic rings. The lowest BCUT2D eigenvalue weighted by Crippen LogP contribution is -2.01. The van der Waals surface area contributed by atoms with Gasteiger partial charge in [0.15, 0.2) is 11.5 Å². The number of rotatable bonds is 8. The Balaban J connectivity index is 1.75. The van der Waals surface area contributed by atoms with E-state index < -0.39 is 4.92 Å². The normalized spacial score (nSPS) is 10.8. The molecule has 0 unspecified atom stereocenters. The van der Waals surface area contributed by atoms with Crippen LogP contribution >= 0.6 is 15.9 Å². The third kappa shape index (κ3) is 5.32. The minimum absolute atomic E-state index is 0.0582. The predicted octanol–water partition coefficient (Wildman–Crippen LogP) is 5.09. The Labute approximate surface area is 181 Å². The van der Waals surface area contributed by atoms with E-state index in [9.17, 15) is 10.1 Å². The van der Waals surface area contributed by atoms with Gasteiger partial charge in [0, 0.05) is 12.3 Å². The fourth-order valence-corrected chi connectivity index (χ4v) is 3.28. The van der Waals surface area contributed by atoms with Crippen molar-refractivity contribution in [2.45, 2.75) is 13.5 Å². The van der Waals surface area contributed by atoms with Crippen molar-refractivity contribution >= 4 is 33.6 Å². The monoisotopic (exact) mass is 470 g/mol. The van der Waals surface area contributed by atoms with Crippen molar-refractivity contribution in [1.29, 1.82) is 0 Å². The Bertz CT molecular complexity index is 1090. The standard InChI is InChI=1S/C21H19BrN4O4/c1-14-5-3-6-15(9-14)13-30-20-17(22)10-16(11-19(20)29-2)12-24-25-21-18(26(27)28)7-4-8-23-21/h3-12H,13H2,1-2H3,(H,23,25)/b24-12-. The quantitative estimate of drug-likeness (QED) is 0.279. The summed E-state index contributed by atoms with van der Waals surface area (Å²) in [6, 6.07) is 14.5. The number of hydrogen-bond acceptors (Lipinski definition) is 7. The number of nitrogens with zero attached hydrogens (tertiary/aromatic N) is 3. The van der Waals surface area contributed by atoms with Crippen molar-refractivity contribution in [1.82, 2.24) is 4.98 Å². The molecule has 1 heterocycles. The van der Waals surface area contributed by atoms with Gasteiger partial charge in [-0.25, -0.2) is 4.98 Å². The Morgan fingerprint density at radius 1 is 1.27 bits per heavy atom. The van der Waals surface area contributed by atoms with Gasteiger partial charge in [-0.05, 0) is 52.2 Å². The van der Waals surface area contributed by atoms with Crippen LogP contribution in [0, 0.1) is 17.0 Å². The minimum Gasteiger partial charge on any atom is -0.493 e. The summed E-state index contributed by atoms with van der Waals surface area (Å²) in [7, 11) is 1.55. The Morgan fingerprint density at radius 2 is 2.10 bits per heavy atom. The summed E-state index contributed by atoms with van der Waals surface area (Å²) < 4.78 is 12.1. The molecule has 0 atom stereocenters. The van der Waals surface area contributed by atoms with E-state index in [-0.39, 0.29) is 11.5 Å². The molecular weight excluding hydrogens is 452 g/mol. The van der Waals surface area contributed by atoms with Crippen LogP contribution in [0.3, 0.4) is 0 Å². The van der Waals surface area contributed by atoms with Gasteiger partial charge in [-0.2, -0.15) is 5.10 Å². The van der Waals surface area contributed by atoms with Crippen LogP contribution < -0.4 is 14.9 Å². The highest BCUT2D eigenvalue weighted by Gasteiger charge is 2.14. The van der Waals surface area contributed by atoms with Gasteiger partial charge in [-0.3, -0.25) is 15.5 Å². The average molecular weight is 471 g/mol. The average Bonchev–Trinajstić information content (AvgIpc) is 2.73. The van der Waals surface area contributed by atoms with Gasteiger partial charge in [-0.1, -0.05) is 29.8 Å². The summed E-state index contributed by atoms with van der Waals surface area (Å²) in [5, 5.41) is 15.1. The molecule has 8 nitrogen and oxygen atoms in total. The molecule has 0 aliphatic carbocycles. The smallest absolute Gasteiger partial charge is 0.313 e. The highest BCUT2D eigenvalue weighted by molar-refractivity contribution is 9.10. The molecule has 9 heteroatoms. The van der Waals surface area contributed by atoms with E-state index in [0.29, 0.717) is 28.1 Å². The van der Waals surface area contributed by atoms with Crippen molar-refractivity contribution in [3.8, 4) is 11.5 Å². The van der Waals surface area contributed by atoms with Gasteiger partial charge < -0.3 is 9.47 Å². The van der Waals surface area contributed by atoms with E-state index in [1.165, 1.54) is 24.5 Å². The molecule has 0 fully saturated rings. The highest BCUT2D eigenvalue weighted by atomic mass is 79.9. The van der Waals surface area contributed by atoms with Crippen LogP contribution in [-0.2, 0) is 6.61 Å². The van der Waals surface area contributed by atoms with Crippen LogP contribution in [0.15, 0.2) is 64.3 Å². The number of aryl methyl sites for hydroxylation is 1. The molecule has 0 aliphatic heterocycles. The minimum atomic E-state index is -0.523. The molecule has 1 N–H and O–H groups in total.